The third-order valence-electron chi connectivity index (χ3n) is 3.45. The minimum absolute atomic E-state index is 0.0462. The molecule has 1 heterocycles. The maximum atomic E-state index is 13.9. The van der Waals surface area contributed by atoms with E-state index in [1.165, 1.54) is 13.2 Å². The van der Waals surface area contributed by atoms with Gasteiger partial charge in [0.1, 0.15) is 11.6 Å². The van der Waals surface area contributed by atoms with Gasteiger partial charge in [-0.05, 0) is 31.6 Å². The Morgan fingerprint density at radius 2 is 2.29 bits per heavy atom. The molecule has 0 amide bonds. The lowest BCUT2D eigenvalue weighted by molar-refractivity contribution is 0.408. The number of nitrogens with two attached hydrogens (primary N) is 1. The van der Waals surface area contributed by atoms with Crippen molar-refractivity contribution in [1.82, 2.24) is 0 Å². The third kappa shape index (κ3) is 2.43. The predicted molar refractivity (Wildman–Crippen MR) is 70.0 cm³/mol. The van der Waals surface area contributed by atoms with Crippen molar-refractivity contribution in [2.45, 2.75) is 30.6 Å². The molecule has 0 aliphatic carbocycles. The first kappa shape index (κ1) is 12.7. The summed E-state index contributed by atoms with van der Waals surface area (Å²) in [5.74, 6) is 1.37. The van der Waals surface area contributed by atoms with Gasteiger partial charge in [-0.1, -0.05) is 6.07 Å². The Labute approximate surface area is 106 Å². The van der Waals surface area contributed by atoms with Gasteiger partial charge in [0.2, 0.25) is 0 Å². The molecule has 1 aromatic carbocycles. The summed E-state index contributed by atoms with van der Waals surface area (Å²) in [6.45, 7) is 2.12. The number of thioether (sulfide) groups is 1. The average molecular weight is 255 g/mol. The van der Waals surface area contributed by atoms with Crippen molar-refractivity contribution in [1.29, 1.82) is 0 Å². The zero-order valence-corrected chi connectivity index (χ0v) is 11.0. The van der Waals surface area contributed by atoms with Crippen molar-refractivity contribution in [2.75, 3.05) is 12.9 Å². The lowest BCUT2D eigenvalue weighted by Gasteiger charge is -2.30. The Hall–Kier alpha value is -0.740. The molecule has 0 bridgehead atoms. The normalized spacial score (nSPS) is 25.9. The molecular weight excluding hydrogens is 237 g/mol. The number of benzene rings is 1. The van der Waals surface area contributed by atoms with Crippen LogP contribution in [0.3, 0.4) is 0 Å². The second-order valence-electron chi connectivity index (χ2n) is 4.63. The second-order valence-corrected chi connectivity index (χ2v) is 6.26. The summed E-state index contributed by atoms with van der Waals surface area (Å²) < 4.78 is 18.9. The summed E-state index contributed by atoms with van der Waals surface area (Å²) >= 11 is 1.84. The van der Waals surface area contributed by atoms with E-state index < -0.39 is 0 Å². The van der Waals surface area contributed by atoms with Crippen molar-refractivity contribution in [3.8, 4) is 5.75 Å². The summed E-state index contributed by atoms with van der Waals surface area (Å²) in [4.78, 5) is 0. The highest BCUT2D eigenvalue weighted by Gasteiger charge is 2.37. The monoisotopic (exact) mass is 255 g/mol. The van der Waals surface area contributed by atoms with Crippen LogP contribution in [0.25, 0.3) is 0 Å². The SMILES string of the molecule is COc1ccc(C(N)C2(C)CCCS2)c(F)c1. The van der Waals surface area contributed by atoms with Crippen LogP contribution in [0.15, 0.2) is 18.2 Å². The number of hydrogen-bond donors (Lipinski definition) is 1. The van der Waals surface area contributed by atoms with E-state index >= 15 is 0 Å². The van der Waals surface area contributed by atoms with Crippen LogP contribution in [0.1, 0.15) is 31.4 Å². The van der Waals surface area contributed by atoms with Gasteiger partial charge >= 0.3 is 0 Å². The topological polar surface area (TPSA) is 35.2 Å². The molecule has 1 aliphatic rings. The van der Waals surface area contributed by atoms with E-state index in [1.807, 2.05) is 11.8 Å². The second kappa shape index (κ2) is 4.86. The van der Waals surface area contributed by atoms with Gasteiger partial charge in [0, 0.05) is 22.4 Å². The molecule has 1 aliphatic heterocycles. The molecule has 1 fully saturated rings. The molecule has 94 valence electrons. The van der Waals surface area contributed by atoms with Crippen LogP contribution in [-0.2, 0) is 0 Å². The summed E-state index contributed by atoms with van der Waals surface area (Å²) in [6.07, 6.45) is 2.21. The van der Waals surface area contributed by atoms with Crippen LogP contribution < -0.4 is 10.5 Å². The lowest BCUT2D eigenvalue weighted by Crippen LogP contribution is -2.33. The Morgan fingerprint density at radius 1 is 1.53 bits per heavy atom. The smallest absolute Gasteiger partial charge is 0.131 e. The van der Waals surface area contributed by atoms with E-state index in [0.717, 1.165) is 18.6 Å². The highest BCUT2D eigenvalue weighted by molar-refractivity contribution is 8.00. The average Bonchev–Trinajstić information content (AvgIpc) is 2.76. The lowest BCUT2D eigenvalue weighted by atomic mass is 9.91. The number of rotatable bonds is 3. The Kier molecular flexibility index (Phi) is 3.64. The van der Waals surface area contributed by atoms with E-state index in [0.29, 0.717) is 11.3 Å². The van der Waals surface area contributed by atoms with Gasteiger partial charge in [-0.15, -0.1) is 0 Å². The first-order chi connectivity index (χ1) is 8.07. The first-order valence-corrected chi connectivity index (χ1v) is 6.78. The molecular formula is C13H18FNOS. The highest BCUT2D eigenvalue weighted by atomic mass is 32.2. The molecule has 17 heavy (non-hydrogen) atoms. The van der Waals surface area contributed by atoms with E-state index in [1.54, 1.807) is 12.1 Å². The molecule has 2 nitrogen and oxygen atoms in total. The summed E-state index contributed by atoms with van der Waals surface area (Å²) in [5.41, 5.74) is 6.81. The fraction of sp³-hybridized carbons (Fsp3) is 0.538. The summed E-state index contributed by atoms with van der Waals surface area (Å²) in [6, 6.07) is 4.64. The Balaban J connectivity index is 2.27. The van der Waals surface area contributed by atoms with Crippen LogP contribution in [0.5, 0.6) is 5.75 Å². The maximum absolute atomic E-state index is 13.9. The third-order valence-corrected chi connectivity index (χ3v) is 5.06. The largest absolute Gasteiger partial charge is 0.497 e. The minimum Gasteiger partial charge on any atom is -0.497 e. The molecule has 2 atom stereocenters. The summed E-state index contributed by atoms with van der Waals surface area (Å²) in [7, 11) is 1.53. The van der Waals surface area contributed by atoms with Gasteiger partial charge < -0.3 is 10.5 Å². The van der Waals surface area contributed by atoms with Gasteiger partial charge in [-0.2, -0.15) is 11.8 Å². The van der Waals surface area contributed by atoms with E-state index in [4.69, 9.17) is 10.5 Å². The fourth-order valence-corrected chi connectivity index (χ4v) is 3.61. The van der Waals surface area contributed by atoms with E-state index in [-0.39, 0.29) is 16.6 Å². The van der Waals surface area contributed by atoms with Crippen molar-refractivity contribution >= 4 is 11.8 Å². The quantitative estimate of drug-likeness (QED) is 0.901. The zero-order valence-electron chi connectivity index (χ0n) is 10.2. The van der Waals surface area contributed by atoms with Gasteiger partial charge in [0.05, 0.1) is 7.11 Å². The van der Waals surface area contributed by atoms with Crippen molar-refractivity contribution in [3.63, 3.8) is 0 Å². The van der Waals surface area contributed by atoms with Crippen LogP contribution in [0.2, 0.25) is 0 Å². The molecule has 2 N–H and O–H groups in total. The predicted octanol–water partition coefficient (Wildman–Crippen LogP) is 3.12. The molecule has 2 rings (SSSR count). The van der Waals surface area contributed by atoms with E-state index in [2.05, 4.69) is 6.92 Å². The van der Waals surface area contributed by atoms with Crippen molar-refractivity contribution in [2.24, 2.45) is 5.73 Å². The Bertz CT molecular complexity index is 404. The summed E-state index contributed by atoms with van der Waals surface area (Å²) in [5, 5.41) is 0. The number of halogens is 1. The molecule has 0 saturated carbocycles. The molecule has 4 heteroatoms. The fourth-order valence-electron chi connectivity index (χ4n) is 2.26. The van der Waals surface area contributed by atoms with Gasteiger partial charge in [0.25, 0.3) is 0 Å². The number of ether oxygens (including phenoxy) is 1. The molecule has 2 unspecified atom stereocenters. The van der Waals surface area contributed by atoms with Crippen LogP contribution >= 0.6 is 11.8 Å². The van der Waals surface area contributed by atoms with Crippen LogP contribution in [0.4, 0.5) is 4.39 Å². The molecule has 0 spiro atoms. The van der Waals surface area contributed by atoms with Gasteiger partial charge in [0.15, 0.2) is 0 Å². The first-order valence-electron chi connectivity index (χ1n) is 5.80. The minimum atomic E-state index is -0.273. The molecule has 1 aromatic rings. The number of hydrogen-bond acceptors (Lipinski definition) is 3. The highest BCUT2D eigenvalue weighted by Crippen LogP contribution is 2.46. The molecule has 1 saturated heterocycles. The Morgan fingerprint density at radius 3 is 2.82 bits per heavy atom. The van der Waals surface area contributed by atoms with Crippen molar-refractivity contribution < 1.29 is 9.13 Å². The van der Waals surface area contributed by atoms with E-state index in [9.17, 15) is 4.39 Å². The molecule has 0 radical (unpaired) electrons. The molecule has 0 aromatic heterocycles. The van der Waals surface area contributed by atoms with Crippen LogP contribution in [-0.4, -0.2) is 17.6 Å². The maximum Gasteiger partial charge on any atom is 0.131 e. The standard InChI is InChI=1S/C13H18FNOS/c1-13(6-3-7-17-13)12(15)10-5-4-9(16-2)8-11(10)14/h4-5,8,12H,3,6-7,15H2,1-2H3. The van der Waals surface area contributed by atoms with Crippen LogP contribution in [0, 0.1) is 5.82 Å². The van der Waals surface area contributed by atoms with Gasteiger partial charge in [-0.3, -0.25) is 0 Å². The number of methoxy groups -OCH3 is 1. The van der Waals surface area contributed by atoms with Crippen molar-refractivity contribution in [3.05, 3.63) is 29.6 Å². The van der Waals surface area contributed by atoms with Gasteiger partial charge in [-0.25, -0.2) is 4.39 Å². The zero-order chi connectivity index (χ0) is 12.5.